The Morgan fingerprint density at radius 3 is 2.58 bits per heavy atom. The Kier molecular flexibility index (Phi) is 2.83. The van der Waals surface area contributed by atoms with E-state index in [1.807, 2.05) is 54.6 Å². The SMILES string of the molecule is [2H]/C(=C1/Sc2ccccc2N(C)C1=O)c1ccccc1. The van der Waals surface area contributed by atoms with Crippen molar-refractivity contribution in [3.63, 3.8) is 0 Å². The van der Waals surface area contributed by atoms with Crippen LogP contribution >= 0.6 is 11.8 Å². The average molecular weight is 268 g/mol. The van der Waals surface area contributed by atoms with E-state index in [9.17, 15) is 4.79 Å². The number of thioether (sulfide) groups is 1. The lowest BCUT2D eigenvalue weighted by molar-refractivity contribution is -0.114. The number of carbonyl (C=O) groups excluding carboxylic acids is 1. The second kappa shape index (κ2) is 4.94. The number of carbonyl (C=O) groups is 1. The Labute approximate surface area is 118 Å². The van der Waals surface area contributed by atoms with Gasteiger partial charge in [0.15, 0.2) is 0 Å². The number of likely N-dealkylation sites (N-methyl/N-ethyl adjacent to an activating group) is 1. The number of fused-ring (bicyclic) bond motifs is 1. The van der Waals surface area contributed by atoms with E-state index in [1.165, 1.54) is 11.8 Å². The van der Waals surface area contributed by atoms with Gasteiger partial charge in [-0.1, -0.05) is 54.2 Å². The molecule has 3 heteroatoms. The predicted molar refractivity (Wildman–Crippen MR) is 80.1 cm³/mol. The van der Waals surface area contributed by atoms with E-state index in [0.717, 1.165) is 16.1 Å². The number of amides is 1. The lowest BCUT2D eigenvalue weighted by Gasteiger charge is -2.26. The second-order valence-electron chi connectivity index (χ2n) is 4.25. The number of anilines is 1. The molecule has 1 aliphatic heterocycles. The van der Waals surface area contributed by atoms with Crippen molar-refractivity contribution in [2.75, 3.05) is 11.9 Å². The fourth-order valence-electron chi connectivity index (χ4n) is 1.97. The lowest BCUT2D eigenvalue weighted by Crippen LogP contribution is -2.29. The van der Waals surface area contributed by atoms with Gasteiger partial charge in [0.05, 0.1) is 12.0 Å². The first-order valence-electron chi connectivity index (χ1n) is 6.49. The van der Waals surface area contributed by atoms with E-state index in [0.29, 0.717) is 4.91 Å². The molecule has 0 bridgehead atoms. The topological polar surface area (TPSA) is 20.3 Å². The summed E-state index contributed by atoms with van der Waals surface area (Å²) in [6, 6.07) is 17.4. The summed E-state index contributed by atoms with van der Waals surface area (Å²) in [6.45, 7) is 0. The highest BCUT2D eigenvalue weighted by atomic mass is 32.2. The third kappa shape index (κ3) is 2.29. The van der Waals surface area contributed by atoms with Gasteiger partial charge in [0, 0.05) is 11.9 Å². The van der Waals surface area contributed by atoms with Crippen LogP contribution in [0.5, 0.6) is 0 Å². The number of hydrogen-bond acceptors (Lipinski definition) is 2. The number of rotatable bonds is 1. The average Bonchev–Trinajstić information content (AvgIpc) is 2.51. The van der Waals surface area contributed by atoms with Crippen molar-refractivity contribution >= 4 is 29.4 Å². The molecule has 94 valence electrons. The van der Waals surface area contributed by atoms with Crippen LogP contribution in [0.25, 0.3) is 6.05 Å². The smallest absolute Gasteiger partial charge is 0.264 e. The van der Waals surface area contributed by atoms with Crippen molar-refractivity contribution in [2.24, 2.45) is 0 Å². The monoisotopic (exact) mass is 268 g/mol. The van der Waals surface area contributed by atoms with Gasteiger partial charge in [-0.2, -0.15) is 0 Å². The summed E-state index contributed by atoms with van der Waals surface area (Å²) in [7, 11) is 1.75. The molecule has 0 atom stereocenters. The largest absolute Gasteiger partial charge is 0.310 e. The first kappa shape index (κ1) is 10.9. The summed E-state index contributed by atoms with van der Waals surface area (Å²) in [5, 5.41) is 0. The van der Waals surface area contributed by atoms with Gasteiger partial charge in [-0.3, -0.25) is 4.79 Å². The molecule has 0 saturated heterocycles. The van der Waals surface area contributed by atoms with Crippen molar-refractivity contribution in [3.8, 4) is 0 Å². The molecule has 1 amide bonds. The molecular formula is C16H13NOS. The van der Waals surface area contributed by atoms with Gasteiger partial charge in [-0.05, 0) is 23.7 Å². The van der Waals surface area contributed by atoms with Crippen LogP contribution in [0.15, 0.2) is 64.4 Å². The highest BCUT2D eigenvalue weighted by Crippen LogP contribution is 2.41. The van der Waals surface area contributed by atoms with E-state index in [-0.39, 0.29) is 12.0 Å². The van der Waals surface area contributed by atoms with Crippen molar-refractivity contribution < 1.29 is 6.17 Å². The summed E-state index contributed by atoms with van der Waals surface area (Å²) in [5.74, 6) is -0.123. The summed E-state index contributed by atoms with van der Waals surface area (Å²) < 4.78 is 8.28. The Balaban J connectivity index is 2.11. The van der Waals surface area contributed by atoms with Crippen LogP contribution in [0.2, 0.25) is 0 Å². The van der Waals surface area contributed by atoms with E-state index >= 15 is 0 Å². The van der Waals surface area contributed by atoms with Crippen LogP contribution in [-0.2, 0) is 4.79 Å². The summed E-state index contributed by atoms with van der Waals surface area (Å²) >= 11 is 1.37. The molecule has 2 nitrogen and oxygen atoms in total. The molecule has 19 heavy (non-hydrogen) atoms. The number of hydrogen-bond donors (Lipinski definition) is 0. The van der Waals surface area contributed by atoms with Gasteiger partial charge in [-0.25, -0.2) is 0 Å². The third-order valence-corrected chi connectivity index (χ3v) is 4.02. The number of para-hydroxylation sites is 1. The molecule has 0 radical (unpaired) electrons. The van der Waals surface area contributed by atoms with E-state index < -0.39 is 0 Å². The number of benzene rings is 2. The first-order valence-corrected chi connectivity index (χ1v) is 6.81. The second-order valence-corrected chi connectivity index (χ2v) is 5.31. The molecule has 0 spiro atoms. The molecule has 0 unspecified atom stereocenters. The van der Waals surface area contributed by atoms with Crippen LogP contribution in [0.4, 0.5) is 5.69 Å². The number of nitrogens with zero attached hydrogens (tertiary/aromatic N) is 1. The van der Waals surface area contributed by atoms with Crippen LogP contribution in [0.1, 0.15) is 6.93 Å². The quantitative estimate of drug-likeness (QED) is 0.733. The molecule has 2 aromatic rings. The van der Waals surface area contributed by atoms with E-state index in [4.69, 9.17) is 1.37 Å². The maximum atomic E-state index is 12.4. The van der Waals surface area contributed by atoms with E-state index in [1.54, 1.807) is 11.9 Å². The zero-order chi connectivity index (χ0) is 14.1. The minimum absolute atomic E-state index is 0.123. The maximum absolute atomic E-state index is 12.4. The normalized spacial score (nSPS) is 17.8. The van der Waals surface area contributed by atoms with Crippen molar-refractivity contribution in [1.82, 2.24) is 0 Å². The minimum Gasteiger partial charge on any atom is -0.310 e. The zero-order valence-electron chi connectivity index (χ0n) is 11.5. The van der Waals surface area contributed by atoms with Gasteiger partial charge in [0.25, 0.3) is 5.91 Å². The van der Waals surface area contributed by atoms with Gasteiger partial charge < -0.3 is 4.90 Å². The lowest BCUT2D eigenvalue weighted by atomic mass is 10.2. The molecule has 0 fully saturated rings. The van der Waals surface area contributed by atoms with Crippen LogP contribution in [0.3, 0.4) is 0 Å². The van der Waals surface area contributed by atoms with Gasteiger partial charge >= 0.3 is 0 Å². The standard InChI is InChI=1S/C16H13NOS/c1-17-13-9-5-6-10-14(13)19-15(16(17)18)11-12-7-3-2-4-8-12/h2-11H,1H3/b15-11-/i11D. The molecule has 0 N–H and O–H groups in total. The van der Waals surface area contributed by atoms with Gasteiger partial charge in [0.1, 0.15) is 0 Å². The molecule has 2 aromatic carbocycles. The summed E-state index contributed by atoms with van der Waals surface area (Å²) in [5.41, 5.74) is 1.66. The molecule has 0 saturated carbocycles. The molecule has 0 aliphatic carbocycles. The molecule has 3 rings (SSSR count). The van der Waals surface area contributed by atoms with Gasteiger partial charge in [0.2, 0.25) is 0 Å². The highest BCUT2D eigenvalue weighted by molar-refractivity contribution is 8.04. The predicted octanol–water partition coefficient (Wildman–Crippen LogP) is 3.80. The summed E-state index contributed by atoms with van der Waals surface area (Å²) in [4.78, 5) is 15.5. The first-order chi connectivity index (χ1) is 9.68. The molecule has 0 aromatic heterocycles. The maximum Gasteiger partial charge on any atom is 0.264 e. The van der Waals surface area contributed by atoms with E-state index in [2.05, 4.69) is 0 Å². The fourth-order valence-corrected chi connectivity index (χ4v) is 3.04. The Morgan fingerprint density at radius 1 is 1.11 bits per heavy atom. The summed E-state index contributed by atoms with van der Waals surface area (Å²) in [6.07, 6.45) is 0. The fraction of sp³-hybridized carbons (Fsp3) is 0.0625. The molecule has 1 heterocycles. The molecular weight excluding hydrogens is 254 g/mol. The van der Waals surface area contributed by atoms with Crippen LogP contribution in [-0.4, -0.2) is 13.0 Å². The van der Waals surface area contributed by atoms with Crippen LogP contribution in [0, 0.1) is 0 Å². The van der Waals surface area contributed by atoms with Crippen molar-refractivity contribution in [3.05, 3.63) is 65.1 Å². The molecule has 1 aliphatic rings. The Bertz CT molecular complexity index is 697. The van der Waals surface area contributed by atoms with Crippen molar-refractivity contribution in [2.45, 2.75) is 4.90 Å². The Hall–Kier alpha value is -2.00. The zero-order valence-corrected chi connectivity index (χ0v) is 11.3. The van der Waals surface area contributed by atoms with Crippen molar-refractivity contribution in [1.29, 1.82) is 0 Å². The Morgan fingerprint density at radius 2 is 1.79 bits per heavy atom. The highest BCUT2D eigenvalue weighted by Gasteiger charge is 2.25. The minimum atomic E-state index is -0.123. The van der Waals surface area contributed by atoms with Gasteiger partial charge in [-0.15, -0.1) is 0 Å². The third-order valence-electron chi connectivity index (χ3n) is 2.97. The van der Waals surface area contributed by atoms with Crippen LogP contribution < -0.4 is 4.90 Å².